The van der Waals surface area contributed by atoms with Gasteiger partial charge in [0.2, 0.25) is 0 Å². The lowest BCUT2D eigenvalue weighted by Gasteiger charge is -2.16. The van der Waals surface area contributed by atoms with Gasteiger partial charge in [0.25, 0.3) is 0 Å². The highest BCUT2D eigenvalue weighted by Gasteiger charge is 2.33. The molecule has 0 spiro atoms. The predicted molar refractivity (Wildman–Crippen MR) is 81.2 cm³/mol. The van der Waals surface area contributed by atoms with Crippen LogP contribution in [0.3, 0.4) is 0 Å². The Morgan fingerprint density at radius 2 is 2.05 bits per heavy atom. The van der Waals surface area contributed by atoms with Gasteiger partial charge in [-0.3, -0.25) is 4.90 Å². The fourth-order valence-corrected chi connectivity index (χ4v) is 3.36. The molecule has 1 aliphatic heterocycles. The van der Waals surface area contributed by atoms with E-state index in [0.29, 0.717) is 11.1 Å². The Kier molecular flexibility index (Phi) is 4.33. The van der Waals surface area contributed by atoms with Gasteiger partial charge in [-0.05, 0) is 49.9 Å². The molecule has 19 heavy (non-hydrogen) atoms. The van der Waals surface area contributed by atoms with Crippen molar-refractivity contribution in [3.05, 3.63) is 33.8 Å². The summed E-state index contributed by atoms with van der Waals surface area (Å²) < 4.78 is 0. The van der Waals surface area contributed by atoms with Crippen LogP contribution in [0.5, 0.6) is 0 Å². The average molecular weight is 299 g/mol. The van der Waals surface area contributed by atoms with E-state index in [0.717, 1.165) is 24.0 Å². The normalized spacial score (nSPS) is 24.0. The summed E-state index contributed by atoms with van der Waals surface area (Å²) in [5.41, 5.74) is 1.18. The molecule has 1 unspecified atom stereocenters. The summed E-state index contributed by atoms with van der Waals surface area (Å²) in [6.07, 6.45) is 5.07. The van der Waals surface area contributed by atoms with Gasteiger partial charge in [0.05, 0.1) is 0 Å². The van der Waals surface area contributed by atoms with E-state index in [1.165, 1.54) is 37.9 Å². The van der Waals surface area contributed by atoms with Crippen molar-refractivity contribution in [2.24, 2.45) is 0 Å². The van der Waals surface area contributed by atoms with Crippen molar-refractivity contribution in [3.8, 4) is 0 Å². The van der Waals surface area contributed by atoms with Crippen LogP contribution in [0.2, 0.25) is 10.0 Å². The molecule has 1 heterocycles. The highest BCUT2D eigenvalue weighted by molar-refractivity contribution is 6.35. The van der Waals surface area contributed by atoms with Gasteiger partial charge < -0.3 is 5.32 Å². The van der Waals surface area contributed by atoms with E-state index in [1.54, 1.807) is 0 Å². The molecule has 104 valence electrons. The third-order valence-electron chi connectivity index (χ3n) is 4.13. The largest absolute Gasteiger partial charge is 0.312 e. The molecule has 1 N–H and O–H groups in total. The lowest BCUT2D eigenvalue weighted by Crippen LogP contribution is -2.34. The molecular weight excluding hydrogens is 279 g/mol. The number of rotatable bonds is 5. The Balaban J connectivity index is 1.43. The van der Waals surface area contributed by atoms with Crippen LogP contribution in [0.1, 0.15) is 24.8 Å². The summed E-state index contributed by atoms with van der Waals surface area (Å²) in [6.45, 7) is 3.48. The number of hydrogen-bond donors (Lipinski definition) is 1. The minimum Gasteiger partial charge on any atom is -0.312 e. The lowest BCUT2D eigenvalue weighted by molar-refractivity contribution is 0.318. The average Bonchev–Trinajstić information content (AvgIpc) is 3.13. The van der Waals surface area contributed by atoms with E-state index in [9.17, 15) is 0 Å². The van der Waals surface area contributed by atoms with Crippen molar-refractivity contribution in [1.82, 2.24) is 10.2 Å². The second-order valence-corrected chi connectivity index (χ2v) is 6.50. The zero-order valence-corrected chi connectivity index (χ0v) is 12.6. The second-order valence-electron chi connectivity index (χ2n) is 5.65. The van der Waals surface area contributed by atoms with Gasteiger partial charge in [-0.1, -0.05) is 29.3 Å². The summed E-state index contributed by atoms with van der Waals surface area (Å²) in [4.78, 5) is 2.63. The number of likely N-dealkylation sites (tertiary alicyclic amines) is 1. The molecule has 0 radical (unpaired) electrons. The van der Waals surface area contributed by atoms with Gasteiger partial charge in [0.1, 0.15) is 0 Å². The van der Waals surface area contributed by atoms with Crippen molar-refractivity contribution >= 4 is 23.2 Å². The first kappa shape index (κ1) is 13.7. The molecule has 4 heteroatoms. The van der Waals surface area contributed by atoms with Crippen LogP contribution >= 0.6 is 23.2 Å². The monoisotopic (exact) mass is 298 g/mol. The topological polar surface area (TPSA) is 15.3 Å². The zero-order chi connectivity index (χ0) is 13.2. The maximum absolute atomic E-state index is 6.18. The number of hydrogen-bond acceptors (Lipinski definition) is 2. The molecule has 1 saturated carbocycles. The molecule has 0 aromatic heterocycles. The van der Waals surface area contributed by atoms with E-state index in [2.05, 4.69) is 10.2 Å². The minimum atomic E-state index is 0.659. The van der Waals surface area contributed by atoms with Gasteiger partial charge in [-0.2, -0.15) is 0 Å². The van der Waals surface area contributed by atoms with Crippen LogP contribution in [-0.2, 0) is 6.42 Å². The number of nitrogens with zero attached hydrogens (tertiary/aromatic N) is 1. The van der Waals surface area contributed by atoms with Crippen molar-refractivity contribution in [3.63, 3.8) is 0 Å². The van der Waals surface area contributed by atoms with Crippen molar-refractivity contribution in [2.45, 2.75) is 37.8 Å². The summed E-state index contributed by atoms with van der Waals surface area (Å²) in [6, 6.07) is 7.32. The van der Waals surface area contributed by atoms with Crippen LogP contribution in [0.25, 0.3) is 0 Å². The summed E-state index contributed by atoms with van der Waals surface area (Å²) in [5, 5.41) is 5.14. The first-order valence-corrected chi connectivity index (χ1v) is 7.89. The van der Waals surface area contributed by atoms with Gasteiger partial charge in [-0.15, -0.1) is 0 Å². The summed E-state index contributed by atoms with van der Waals surface area (Å²) >= 11 is 12.1. The number of benzene rings is 1. The number of halogens is 2. The van der Waals surface area contributed by atoms with Gasteiger partial charge in [0, 0.05) is 35.2 Å². The Bertz CT molecular complexity index is 446. The fraction of sp³-hybridized carbons (Fsp3) is 0.600. The molecule has 1 atom stereocenters. The van der Waals surface area contributed by atoms with E-state index in [1.807, 2.05) is 18.2 Å². The molecule has 0 amide bonds. The summed E-state index contributed by atoms with van der Waals surface area (Å²) in [7, 11) is 0. The third-order valence-corrected chi connectivity index (χ3v) is 4.71. The molecule has 2 aliphatic rings. The smallest absolute Gasteiger partial charge is 0.0453 e. The highest BCUT2D eigenvalue weighted by atomic mass is 35.5. The molecule has 3 rings (SSSR count). The van der Waals surface area contributed by atoms with Gasteiger partial charge in [0.15, 0.2) is 0 Å². The second kappa shape index (κ2) is 6.01. The number of nitrogens with one attached hydrogen (secondary N) is 1. The minimum absolute atomic E-state index is 0.659. The van der Waals surface area contributed by atoms with E-state index >= 15 is 0 Å². The van der Waals surface area contributed by atoms with Crippen LogP contribution in [-0.4, -0.2) is 36.6 Å². The van der Waals surface area contributed by atoms with E-state index in [-0.39, 0.29) is 0 Å². The Morgan fingerprint density at radius 3 is 2.79 bits per heavy atom. The third kappa shape index (κ3) is 3.63. The molecule has 1 saturated heterocycles. The highest BCUT2D eigenvalue weighted by Crippen LogP contribution is 2.29. The van der Waals surface area contributed by atoms with Crippen LogP contribution in [0, 0.1) is 0 Å². The molecule has 2 nitrogen and oxygen atoms in total. The first-order chi connectivity index (χ1) is 9.22. The zero-order valence-electron chi connectivity index (χ0n) is 11.0. The predicted octanol–water partition coefficient (Wildman–Crippen LogP) is 3.36. The van der Waals surface area contributed by atoms with Crippen LogP contribution in [0.4, 0.5) is 0 Å². The Morgan fingerprint density at radius 1 is 1.21 bits per heavy atom. The maximum atomic E-state index is 6.18. The van der Waals surface area contributed by atoms with Crippen molar-refractivity contribution < 1.29 is 0 Å². The van der Waals surface area contributed by atoms with Crippen molar-refractivity contribution in [1.29, 1.82) is 0 Å². The molecular formula is C15H20Cl2N2. The summed E-state index contributed by atoms with van der Waals surface area (Å²) in [5.74, 6) is 0. The maximum Gasteiger partial charge on any atom is 0.0453 e. The lowest BCUT2D eigenvalue weighted by atomic mass is 10.1. The molecule has 1 aliphatic carbocycles. The quantitative estimate of drug-likeness (QED) is 0.897. The molecule has 2 fully saturated rings. The molecule has 1 aromatic rings. The molecule has 0 bridgehead atoms. The Labute approximate surface area is 125 Å². The first-order valence-electron chi connectivity index (χ1n) is 7.14. The van der Waals surface area contributed by atoms with Crippen LogP contribution in [0.15, 0.2) is 18.2 Å². The van der Waals surface area contributed by atoms with Crippen molar-refractivity contribution in [2.75, 3.05) is 19.6 Å². The standard InChI is InChI=1S/C15H20Cl2N2/c16-12-2-1-11(15(17)9-12)5-7-18-13-6-8-19(10-13)14-3-4-14/h1-2,9,13-14,18H,3-8,10H2. The van der Waals surface area contributed by atoms with Gasteiger partial charge >= 0.3 is 0 Å². The van der Waals surface area contributed by atoms with E-state index < -0.39 is 0 Å². The van der Waals surface area contributed by atoms with Crippen LogP contribution < -0.4 is 5.32 Å². The molecule has 1 aromatic carbocycles. The Hall–Kier alpha value is -0.280. The van der Waals surface area contributed by atoms with E-state index in [4.69, 9.17) is 23.2 Å². The SMILES string of the molecule is Clc1ccc(CCNC2CCN(C3CC3)C2)c(Cl)c1. The fourth-order valence-electron chi connectivity index (χ4n) is 2.86. The van der Waals surface area contributed by atoms with Gasteiger partial charge in [-0.25, -0.2) is 0 Å².